The number of alkyl halides is 1. The summed E-state index contributed by atoms with van der Waals surface area (Å²) < 4.78 is 0. The van der Waals surface area contributed by atoms with Gasteiger partial charge < -0.3 is 0 Å². The van der Waals surface area contributed by atoms with E-state index in [0.29, 0.717) is 0 Å². The van der Waals surface area contributed by atoms with Crippen LogP contribution in [0.1, 0.15) is 83.5 Å². The Labute approximate surface area is 143 Å². The highest BCUT2D eigenvalue weighted by Crippen LogP contribution is 2.78. The molecule has 0 aliphatic heterocycles. The molecule has 0 atom stereocenters. The summed E-state index contributed by atoms with van der Waals surface area (Å²) in [5.74, 6) is -0.863. The number of hydrogen-bond donors (Lipinski definition) is 0. The van der Waals surface area contributed by atoms with Crippen molar-refractivity contribution in [3.63, 3.8) is 0 Å². The third-order valence-corrected chi connectivity index (χ3v) is 15.1. The van der Waals surface area contributed by atoms with Crippen molar-refractivity contribution in [1.29, 1.82) is 0 Å². The van der Waals surface area contributed by atoms with Crippen LogP contribution in [0.5, 0.6) is 0 Å². The van der Waals surface area contributed by atoms with E-state index in [1.807, 2.05) is 0 Å². The van der Waals surface area contributed by atoms with E-state index in [1.54, 1.807) is 0 Å². The van der Waals surface area contributed by atoms with E-state index < -0.39 is 5.96 Å². The largest absolute Gasteiger partial charge is 0.139 e. The van der Waals surface area contributed by atoms with Crippen molar-refractivity contribution in [1.82, 2.24) is 0 Å². The SMILES string of the molecule is BrCCCCC[P+](Br)(C1CCCCC1)C1CCCCC1. The first kappa shape index (κ1) is 17.7. The molecule has 0 amide bonds. The Hall–Kier alpha value is 1.39. The van der Waals surface area contributed by atoms with Gasteiger partial charge in [0.15, 0.2) is 0 Å². The highest BCUT2D eigenvalue weighted by atomic mass is 79.9. The molecule has 118 valence electrons. The lowest BCUT2D eigenvalue weighted by Gasteiger charge is -2.38. The third kappa shape index (κ3) is 4.95. The zero-order valence-corrected chi connectivity index (χ0v) is 17.0. The van der Waals surface area contributed by atoms with E-state index in [1.165, 1.54) is 95.0 Å². The van der Waals surface area contributed by atoms with Crippen LogP contribution in [0.3, 0.4) is 0 Å². The minimum Gasteiger partial charge on any atom is -0.0928 e. The molecule has 2 saturated carbocycles. The van der Waals surface area contributed by atoms with Gasteiger partial charge in [0.25, 0.3) is 0 Å². The highest BCUT2D eigenvalue weighted by Gasteiger charge is 2.50. The van der Waals surface area contributed by atoms with Gasteiger partial charge in [0.1, 0.15) is 15.5 Å². The van der Waals surface area contributed by atoms with Gasteiger partial charge in [-0.25, -0.2) is 0 Å². The summed E-state index contributed by atoms with van der Waals surface area (Å²) in [5.41, 5.74) is 2.15. The molecule has 0 spiro atoms. The van der Waals surface area contributed by atoms with Crippen molar-refractivity contribution in [2.24, 2.45) is 0 Å². The van der Waals surface area contributed by atoms with Crippen LogP contribution < -0.4 is 0 Å². The monoisotopic (exact) mass is 425 g/mol. The van der Waals surface area contributed by atoms with Crippen LogP contribution in [0.15, 0.2) is 0 Å². The molecule has 2 fully saturated rings. The van der Waals surface area contributed by atoms with Gasteiger partial charge in [-0.15, -0.1) is 0 Å². The fourth-order valence-electron chi connectivity index (χ4n) is 4.31. The van der Waals surface area contributed by atoms with Gasteiger partial charge in [0, 0.05) is 5.33 Å². The molecule has 0 aromatic carbocycles. The molecule has 2 rings (SSSR count). The molecule has 0 nitrogen and oxygen atoms in total. The molecular weight excluding hydrogens is 395 g/mol. The molecule has 0 aromatic rings. The Bertz CT molecular complexity index is 240. The summed E-state index contributed by atoms with van der Waals surface area (Å²) >= 11 is 8.04. The maximum absolute atomic E-state index is 4.46. The molecule has 0 unspecified atom stereocenters. The van der Waals surface area contributed by atoms with Gasteiger partial charge in [-0.2, -0.15) is 0 Å². The minimum atomic E-state index is -0.863. The summed E-state index contributed by atoms with van der Waals surface area (Å²) in [6.07, 6.45) is 21.0. The summed E-state index contributed by atoms with van der Waals surface area (Å²) in [6.45, 7) is 0. The quantitative estimate of drug-likeness (QED) is 0.224. The number of rotatable bonds is 7. The number of unbranched alkanes of at least 4 members (excludes halogenated alkanes) is 2. The zero-order valence-electron chi connectivity index (χ0n) is 13.0. The van der Waals surface area contributed by atoms with Crippen molar-refractivity contribution < 1.29 is 0 Å². The lowest BCUT2D eigenvalue weighted by Crippen LogP contribution is -2.26. The summed E-state index contributed by atoms with van der Waals surface area (Å²) in [7, 11) is 0. The predicted octanol–water partition coefficient (Wildman–Crippen LogP) is 7.54. The van der Waals surface area contributed by atoms with Gasteiger partial charge in [0.2, 0.25) is 0 Å². The van der Waals surface area contributed by atoms with Gasteiger partial charge in [-0.3, -0.25) is 0 Å². The fourth-order valence-corrected chi connectivity index (χ4v) is 12.4. The Morgan fingerprint density at radius 1 is 0.700 bits per heavy atom. The van der Waals surface area contributed by atoms with Crippen LogP contribution in [0.25, 0.3) is 0 Å². The van der Waals surface area contributed by atoms with Gasteiger partial charge in [-0.05, 0) is 70.6 Å². The Morgan fingerprint density at radius 2 is 1.20 bits per heavy atom. The summed E-state index contributed by atoms with van der Waals surface area (Å²) in [6, 6.07) is 0. The molecule has 0 saturated heterocycles. The average molecular weight is 427 g/mol. The Kier molecular flexibility index (Phi) is 8.44. The molecule has 2 aliphatic carbocycles. The topological polar surface area (TPSA) is 0 Å². The van der Waals surface area contributed by atoms with Crippen molar-refractivity contribution in [2.45, 2.75) is 94.8 Å². The summed E-state index contributed by atoms with van der Waals surface area (Å²) in [4.78, 5) is 0. The van der Waals surface area contributed by atoms with E-state index in [-0.39, 0.29) is 0 Å². The first-order chi connectivity index (χ1) is 9.77. The standard InChI is InChI=1S/C17H32Br2P/c18-14-8-3-9-15-20(19,16-10-4-1-5-11-16)17-12-6-2-7-13-17/h16-17H,1-15H2/q+1. The molecule has 2 aliphatic rings. The second kappa shape index (κ2) is 9.51. The molecule has 0 bridgehead atoms. The van der Waals surface area contributed by atoms with E-state index in [2.05, 4.69) is 31.4 Å². The van der Waals surface area contributed by atoms with Gasteiger partial charge in [-0.1, -0.05) is 28.8 Å². The van der Waals surface area contributed by atoms with Crippen molar-refractivity contribution >= 4 is 37.4 Å². The van der Waals surface area contributed by atoms with E-state index >= 15 is 0 Å². The molecule has 20 heavy (non-hydrogen) atoms. The predicted molar refractivity (Wildman–Crippen MR) is 102 cm³/mol. The second-order valence-electron chi connectivity index (χ2n) is 6.89. The van der Waals surface area contributed by atoms with E-state index in [4.69, 9.17) is 0 Å². The molecule has 0 N–H and O–H groups in total. The fraction of sp³-hybridized carbons (Fsp3) is 1.00. The van der Waals surface area contributed by atoms with Crippen molar-refractivity contribution in [3.8, 4) is 0 Å². The van der Waals surface area contributed by atoms with Gasteiger partial charge in [0.05, 0.1) is 23.4 Å². The first-order valence-electron chi connectivity index (χ1n) is 8.90. The van der Waals surface area contributed by atoms with Crippen LogP contribution in [-0.2, 0) is 0 Å². The van der Waals surface area contributed by atoms with Crippen molar-refractivity contribution in [2.75, 3.05) is 11.5 Å². The average Bonchev–Trinajstić information content (AvgIpc) is 2.53. The smallest absolute Gasteiger partial charge is 0.0928 e. The second-order valence-corrected chi connectivity index (χ2v) is 15.2. The maximum Gasteiger partial charge on any atom is 0.139 e. The third-order valence-electron chi connectivity index (χ3n) is 5.50. The van der Waals surface area contributed by atoms with Gasteiger partial charge >= 0.3 is 0 Å². The van der Waals surface area contributed by atoms with Crippen LogP contribution in [0.4, 0.5) is 0 Å². The Morgan fingerprint density at radius 3 is 1.65 bits per heavy atom. The van der Waals surface area contributed by atoms with Crippen LogP contribution >= 0.6 is 37.4 Å². The van der Waals surface area contributed by atoms with Crippen molar-refractivity contribution in [3.05, 3.63) is 0 Å². The van der Waals surface area contributed by atoms with Crippen LogP contribution in [0, 0.1) is 0 Å². The normalized spacial score (nSPS) is 23.1. The lowest BCUT2D eigenvalue weighted by atomic mass is 9.99. The first-order valence-corrected chi connectivity index (χ1v) is 14.2. The number of halogens is 2. The Balaban J connectivity index is 1.96. The highest BCUT2D eigenvalue weighted by molar-refractivity contribution is 9.42. The van der Waals surface area contributed by atoms with E-state index in [9.17, 15) is 0 Å². The zero-order chi connectivity index (χ0) is 14.3. The van der Waals surface area contributed by atoms with Crippen LogP contribution in [-0.4, -0.2) is 22.8 Å². The molecular formula is C17H32Br2P+. The molecule has 0 heterocycles. The lowest BCUT2D eigenvalue weighted by molar-refractivity contribution is 0.482. The molecule has 0 aromatic heterocycles. The molecule has 3 heteroatoms. The van der Waals surface area contributed by atoms with E-state index in [0.717, 1.165) is 11.3 Å². The summed E-state index contributed by atoms with van der Waals surface area (Å²) in [5, 5.41) is 1.19. The molecule has 0 radical (unpaired) electrons. The van der Waals surface area contributed by atoms with Crippen LogP contribution in [0.2, 0.25) is 0 Å². The maximum atomic E-state index is 4.46. The number of hydrogen-bond acceptors (Lipinski definition) is 0. The minimum absolute atomic E-state index is 0.863.